The zero-order valence-corrected chi connectivity index (χ0v) is 11.5. The smallest absolute Gasteiger partial charge is 0.330 e. The molecule has 1 aliphatic heterocycles. The molecule has 108 valence electrons. The van der Waals surface area contributed by atoms with E-state index in [2.05, 4.69) is 0 Å². The van der Waals surface area contributed by atoms with Crippen LogP contribution >= 0.6 is 0 Å². The van der Waals surface area contributed by atoms with Crippen molar-refractivity contribution >= 4 is 12.0 Å². The van der Waals surface area contributed by atoms with Gasteiger partial charge in [0.15, 0.2) is 0 Å². The minimum Gasteiger partial charge on any atom is -0.378 e. The molecule has 1 aromatic rings. The molecule has 0 spiro atoms. The van der Waals surface area contributed by atoms with Gasteiger partial charge < -0.3 is 14.2 Å². The van der Waals surface area contributed by atoms with Gasteiger partial charge in [-0.05, 0) is 6.08 Å². The van der Waals surface area contributed by atoms with Gasteiger partial charge in [-0.25, -0.2) is 4.79 Å². The van der Waals surface area contributed by atoms with Gasteiger partial charge in [0.1, 0.15) is 0 Å². The van der Waals surface area contributed by atoms with Crippen molar-refractivity contribution in [2.24, 2.45) is 14.1 Å². The summed E-state index contributed by atoms with van der Waals surface area (Å²) >= 11 is 0. The third kappa shape index (κ3) is 2.88. The van der Waals surface area contributed by atoms with Crippen LogP contribution < -0.4 is 11.2 Å². The van der Waals surface area contributed by atoms with Gasteiger partial charge >= 0.3 is 5.69 Å². The van der Waals surface area contributed by atoms with E-state index < -0.39 is 11.2 Å². The quantitative estimate of drug-likeness (QED) is 0.648. The van der Waals surface area contributed by atoms with E-state index in [0.717, 1.165) is 4.57 Å². The van der Waals surface area contributed by atoms with E-state index in [1.165, 1.54) is 30.0 Å². The van der Waals surface area contributed by atoms with Crippen LogP contribution in [0.3, 0.4) is 0 Å². The first-order chi connectivity index (χ1) is 9.50. The Morgan fingerprint density at radius 3 is 2.55 bits per heavy atom. The van der Waals surface area contributed by atoms with Crippen molar-refractivity contribution in [3.05, 3.63) is 38.7 Å². The lowest BCUT2D eigenvalue weighted by Crippen LogP contribution is -2.40. The molecule has 0 bridgehead atoms. The summed E-state index contributed by atoms with van der Waals surface area (Å²) in [7, 11) is 2.97. The zero-order chi connectivity index (χ0) is 14.7. The molecule has 0 radical (unpaired) electrons. The summed E-state index contributed by atoms with van der Waals surface area (Å²) in [5.74, 6) is -0.163. The number of nitrogens with zero attached hydrogens (tertiary/aromatic N) is 3. The van der Waals surface area contributed by atoms with Crippen LogP contribution in [0.4, 0.5) is 0 Å². The van der Waals surface area contributed by atoms with Crippen LogP contribution in [0.2, 0.25) is 0 Å². The molecule has 1 fully saturated rings. The Labute approximate surface area is 115 Å². The molecule has 0 saturated carbocycles. The Kier molecular flexibility index (Phi) is 4.19. The Balaban J connectivity index is 2.21. The lowest BCUT2D eigenvalue weighted by molar-refractivity contribution is -0.129. The fourth-order valence-corrected chi connectivity index (χ4v) is 2.00. The lowest BCUT2D eigenvalue weighted by atomic mass is 10.3. The molecule has 0 atom stereocenters. The number of amides is 1. The minimum atomic E-state index is -0.417. The number of hydrogen-bond acceptors (Lipinski definition) is 4. The highest BCUT2D eigenvalue weighted by Crippen LogP contribution is 2.00. The molecule has 7 heteroatoms. The van der Waals surface area contributed by atoms with Crippen molar-refractivity contribution in [2.75, 3.05) is 26.3 Å². The van der Waals surface area contributed by atoms with E-state index in [4.69, 9.17) is 4.74 Å². The largest absolute Gasteiger partial charge is 0.378 e. The van der Waals surface area contributed by atoms with Crippen molar-refractivity contribution < 1.29 is 9.53 Å². The van der Waals surface area contributed by atoms with Crippen LogP contribution in [0, 0.1) is 0 Å². The molecule has 1 amide bonds. The van der Waals surface area contributed by atoms with Crippen molar-refractivity contribution in [1.82, 2.24) is 14.0 Å². The third-order valence-corrected chi connectivity index (χ3v) is 3.20. The Bertz CT molecular complexity index is 651. The van der Waals surface area contributed by atoms with Gasteiger partial charge in [-0.3, -0.25) is 14.2 Å². The van der Waals surface area contributed by atoms with E-state index in [1.54, 1.807) is 11.9 Å². The normalized spacial score (nSPS) is 15.8. The first kappa shape index (κ1) is 14.3. The molecule has 0 N–H and O–H groups in total. The predicted molar refractivity (Wildman–Crippen MR) is 73.4 cm³/mol. The van der Waals surface area contributed by atoms with E-state index in [9.17, 15) is 14.4 Å². The maximum absolute atomic E-state index is 11.9. The van der Waals surface area contributed by atoms with Crippen LogP contribution in [-0.2, 0) is 23.6 Å². The van der Waals surface area contributed by atoms with Gasteiger partial charge in [0.25, 0.3) is 5.56 Å². The number of hydrogen-bond donors (Lipinski definition) is 0. The monoisotopic (exact) mass is 279 g/mol. The second-order valence-corrected chi connectivity index (χ2v) is 4.61. The number of morpholine rings is 1. The maximum Gasteiger partial charge on any atom is 0.330 e. The van der Waals surface area contributed by atoms with Crippen LogP contribution in [0.25, 0.3) is 6.08 Å². The Morgan fingerprint density at radius 2 is 1.90 bits per heavy atom. The highest BCUT2D eigenvalue weighted by Gasteiger charge is 2.14. The van der Waals surface area contributed by atoms with Gasteiger partial charge in [0.2, 0.25) is 5.91 Å². The number of carbonyl (C=O) groups excluding carboxylic acids is 1. The minimum absolute atomic E-state index is 0.163. The predicted octanol–water partition coefficient (Wildman–Crippen LogP) is -1.04. The van der Waals surface area contributed by atoms with Crippen LogP contribution in [0.1, 0.15) is 5.56 Å². The topological polar surface area (TPSA) is 73.5 Å². The van der Waals surface area contributed by atoms with E-state index >= 15 is 0 Å². The maximum atomic E-state index is 11.9. The van der Waals surface area contributed by atoms with Crippen molar-refractivity contribution in [1.29, 1.82) is 0 Å². The SMILES string of the molecule is Cn1cc(C=CC(=O)N2CCOCC2)c(=O)n(C)c1=O. The van der Waals surface area contributed by atoms with Gasteiger partial charge in [0.05, 0.1) is 18.8 Å². The Morgan fingerprint density at radius 1 is 1.25 bits per heavy atom. The lowest BCUT2D eigenvalue weighted by Gasteiger charge is -2.25. The molecule has 0 aliphatic carbocycles. The fourth-order valence-electron chi connectivity index (χ4n) is 2.00. The summed E-state index contributed by atoms with van der Waals surface area (Å²) in [5.41, 5.74) is -0.512. The number of aryl methyl sites for hydroxylation is 1. The summed E-state index contributed by atoms with van der Waals surface area (Å²) in [6.07, 6.45) is 4.22. The fraction of sp³-hybridized carbons (Fsp3) is 0.462. The number of ether oxygens (including phenoxy) is 1. The number of aromatic nitrogens is 2. The number of rotatable bonds is 2. The van der Waals surface area contributed by atoms with Gasteiger partial charge in [-0.2, -0.15) is 0 Å². The average Bonchev–Trinajstić information content (AvgIpc) is 2.48. The van der Waals surface area contributed by atoms with E-state index in [1.807, 2.05) is 0 Å². The molecule has 7 nitrogen and oxygen atoms in total. The van der Waals surface area contributed by atoms with Crippen LogP contribution in [0.15, 0.2) is 21.9 Å². The number of carbonyl (C=O) groups is 1. The van der Waals surface area contributed by atoms with E-state index in [0.29, 0.717) is 31.9 Å². The summed E-state index contributed by atoms with van der Waals surface area (Å²) in [4.78, 5) is 37.0. The highest BCUT2D eigenvalue weighted by atomic mass is 16.5. The third-order valence-electron chi connectivity index (χ3n) is 3.20. The summed E-state index contributed by atoms with van der Waals surface area (Å²) in [6, 6.07) is 0. The van der Waals surface area contributed by atoms with Crippen molar-refractivity contribution in [2.45, 2.75) is 0 Å². The standard InChI is InChI=1S/C13H17N3O4/c1-14-9-10(12(18)15(2)13(14)19)3-4-11(17)16-5-7-20-8-6-16/h3-4,9H,5-8H2,1-2H3. The molecule has 2 heterocycles. The second-order valence-electron chi connectivity index (χ2n) is 4.61. The van der Waals surface area contributed by atoms with Crippen LogP contribution in [0.5, 0.6) is 0 Å². The molecule has 1 saturated heterocycles. The van der Waals surface area contributed by atoms with Crippen molar-refractivity contribution in [3.63, 3.8) is 0 Å². The van der Waals surface area contributed by atoms with Crippen LogP contribution in [-0.4, -0.2) is 46.2 Å². The second kappa shape index (κ2) is 5.87. The zero-order valence-electron chi connectivity index (χ0n) is 11.5. The first-order valence-electron chi connectivity index (χ1n) is 6.32. The Hall–Kier alpha value is -2.15. The molecular weight excluding hydrogens is 262 g/mol. The molecule has 0 unspecified atom stereocenters. The molecular formula is C13H17N3O4. The van der Waals surface area contributed by atoms with Gasteiger partial charge in [0, 0.05) is 39.5 Å². The first-order valence-corrected chi connectivity index (χ1v) is 6.32. The highest BCUT2D eigenvalue weighted by molar-refractivity contribution is 5.91. The molecule has 1 aromatic heterocycles. The molecule has 2 rings (SSSR count). The average molecular weight is 279 g/mol. The summed E-state index contributed by atoms with van der Waals surface area (Å²) in [6.45, 7) is 2.16. The van der Waals surface area contributed by atoms with E-state index in [-0.39, 0.29) is 5.91 Å². The van der Waals surface area contributed by atoms with Gasteiger partial charge in [-0.15, -0.1) is 0 Å². The summed E-state index contributed by atoms with van der Waals surface area (Å²) < 4.78 is 7.49. The molecule has 20 heavy (non-hydrogen) atoms. The van der Waals surface area contributed by atoms with Gasteiger partial charge in [-0.1, -0.05) is 0 Å². The molecule has 1 aliphatic rings. The molecule has 0 aromatic carbocycles. The van der Waals surface area contributed by atoms with Crippen molar-refractivity contribution in [3.8, 4) is 0 Å². The summed E-state index contributed by atoms with van der Waals surface area (Å²) in [5, 5.41) is 0.